The third-order valence-corrected chi connectivity index (χ3v) is 3.02. The first-order valence-corrected chi connectivity index (χ1v) is 6.01. The van der Waals surface area contributed by atoms with Gasteiger partial charge in [-0.25, -0.2) is 4.39 Å². The molecule has 1 amide bonds. The van der Waals surface area contributed by atoms with Crippen molar-refractivity contribution in [2.75, 3.05) is 0 Å². The molecule has 1 aromatic carbocycles. The number of carbonyl (C=O) groups is 1. The topological polar surface area (TPSA) is 46.9 Å². The van der Waals surface area contributed by atoms with Crippen molar-refractivity contribution < 1.29 is 9.18 Å². The van der Waals surface area contributed by atoms with Crippen LogP contribution in [0.4, 0.5) is 4.39 Å². The molecule has 0 aliphatic rings. The van der Waals surface area contributed by atoms with Crippen molar-refractivity contribution in [3.8, 4) is 0 Å². The number of hydrogen-bond acceptors (Lipinski definition) is 2. The highest BCUT2D eigenvalue weighted by Crippen LogP contribution is 2.09. The standard InChI is InChI=1S/C14H16FN3O/c1-9-6-11(4-5-12(9)15)8-16-14(19)13-7-10(2)18(3)17-13/h4-7H,8H2,1-3H3,(H,16,19). The Labute approximate surface area is 111 Å². The minimum absolute atomic E-state index is 0.231. The van der Waals surface area contributed by atoms with Crippen molar-refractivity contribution in [2.45, 2.75) is 20.4 Å². The second-order valence-electron chi connectivity index (χ2n) is 4.56. The average molecular weight is 261 g/mol. The molecule has 0 aliphatic heterocycles. The first-order valence-electron chi connectivity index (χ1n) is 6.01. The predicted molar refractivity (Wildman–Crippen MR) is 70.3 cm³/mol. The molecule has 1 heterocycles. The van der Waals surface area contributed by atoms with E-state index < -0.39 is 0 Å². The lowest BCUT2D eigenvalue weighted by molar-refractivity contribution is 0.0945. The number of carbonyl (C=O) groups excluding carboxylic acids is 1. The van der Waals surface area contributed by atoms with E-state index in [9.17, 15) is 9.18 Å². The van der Waals surface area contributed by atoms with Gasteiger partial charge in [-0.3, -0.25) is 9.48 Å². The summed E-state index contributed by atoms with van der Waals surface area (Å²) in [6, 6.07) is 6.51. The Morgan fingerprint density at radius 3 is 2.68 bits per heavy atom. The van der Waals surface area contributed by atoms with Crippen LogP contribution in [0, 0.1) is 19.7 Å². The maximum atomic E-state index is 13.1. The zero-order chi connectivity index (χ0) is 14.0. The van der Waals surface area contributed by atoms with E-state index in [0.29, 0.717) is 17.8 Å². The molecule has 2 aromatic rings. The quantitative estimate of drug-likeness (QED) is 0.919. The molecule has 0 spiro atoms. The van der Waals surface area contributed by atoms with Gasteiger partial charge in [0.25, 0.3) is 5.91 Å². The van der Waals surface area contributed by atoms with Crippen LogP contribution in [0.2, 0.25) is 0 Å². The van der Waals surface area contributed by atoms with Gasteiger partial charge in [-0.05, 0) is 37.1 Å². The molecule has 0 saturated carbocycles. The average Bonchev–Trinajstić information content (AvgIpc) is 2.71. The molecule has 5 heteroatoms. The first-order chi connectivity index (χ1) is 8.97. The number of hydrogen-bond donors (Lipinski definition) is 1. The monoisotopic (exact) mass is 261 g/mol. The minimum Gasteiger partial charge on any atom is -0.347 e. The maximum Gasteiger partial charge on any atom is 0.272 e. The SMILES string of the molecule is Cc1cc(CNC(=O)c2cc(C)n(C)n2)ccc1F. The van der Waals surface area contributed by atoms with Gasteiger partial charge < -0.3 is 5.32 Å². The van der Waals surface area contributed by atoms with E-state index in [2.05, 4.69) is 10.4 Å². The number of aryl methyl sites for hydroxylation is 3. The van der Waals surface area contributed by atoms with Crippen LogP contribution in [-0.4, -0.2) is 15.7 Å². The van der Waals surface area contributed by atoms with Crippen LogP contribution in [0.5, 0.6) is 0 Å². The van der Waals surface area contributed by atoms with Crippen LogP contribution in [0.3, 0.4) is 0 Å². The minimum atomic E-state index is -0.240. The number of halogens is 1. The largest absolute Gasteiger partial charge is 0.347 e. The Morgan fingerprint density at radius 2 is 2.11 bits per heavy atom. The predicted octanol–water partition coefficient (Wildman–Crippen LogP) is 2.11. The second kappa shape index (κ2) is 5.22. The van der Waals surface area contributed by atoms with Crippen LogP contribution in [0.25, 0.3) is 0 Å². The lowest BCUT2D eigenvalue weighted by atomic mass is 10.1. The summed E-state index contributed by atoms with van der Waals surface area (Å²) in [5.74, 6) is -0.471. The Balaban J connectivity index is 2.02. The molecular formula is C14H16FN3O. The van der Waals surface area contributed by atoms with Crippen LogP contribution >= 0.6 is 0 Å². The number of nitrogens with one attached hydrogen (secondary N) is 1. The summed E-state index contributed by atoms with van der Waals surface area (Å²) in [6.07, 6.45) is 0. The molecule has 0 atom stereocenters. The molecule has 2 rings (SSSR count). The van der Waals surface area contributed by atoms with Gasteiger partial charge in [-0.1, -0.05) is 12.1 Å². The lowest BCUT2D eigenvalue weighted by Gasteiger charge is -2.05. The number of benzene rings is 1. The molecule has 1 N–H and O–H groups in total. The highest BCUT2D eigenvalue weighted by Gasteiger charge is 2.10. The van der Waals surface area contributed by atoms with E-state index in [1.807, 2.05) is 6.92 Å². The Bertz CT molecular complexity index is 600. The van der Waals surface area contributed by atoms with Gasteiger partial charge in [0.05, 0.1) is 0 Å². The molecule has 100 valence electrons. The third kappa shape index (κ3) is 2.99. The number of aromatic nitrogens is 2. The fraction of sp³-hybridized carbons (Fsp3) is 0.286. The van der Waals surface area contributed by atoms with E-state index in [4.69, 9.17) is 0 Å². The number of rotatable bonds is 3. The second-order valence-corrected chi connectivity index (χ2v) is 4.56. The summed E-state index contributed by atoms with van der Waals surface area (Å²) in [6.45, 7) is 3.94. The Kier molecular flexibility index (Phi) is 3.64. The highest BCUT2D eigenvalue weighted by molar-refractivity contribution is 5.92. The van der Waals surface area contributed by atoms with Gasteiger partial charge in [0.1, 0.15) is 11.5 Å². The molecule has 4 nitrogen and oxygen atoms in total. The smallest absolute Gasteiger partial charge is 0.272 e. The van der Waals surface area contributed by atoms with Crippen molar-refractivity contribution in [1.82, 2.24) is 15.1 Å². The van der Waals surface area contributed by atoms with Crippen molar-refractivity contribution in [3.63, 3.8) is 0 Å². The molecule has 0 aliphatic carbocycles. The van der Waals surface area contributed by atoms with Gasteiger partial charge in [0.15, 0.2) is 0 Å². The molecule has 0 fully saturated rings. The Hall–Kier alpha value is -2.17. The lowest BCUT2D eigenvalue weighted by Crippen LogP contribution is -2.23. The van der Waals surface area contributed by atoms with E-state index in [-0.39, 0.29) is 11.7 Å². The van der Waals surface area contributed by atoms with Gasteiger partial charge in [-0.15, -0.1) is 0 Å². The Morgan fingerprint density at radius 1 is 1.37 bits per heavy atom. The summed E-state index contributed by atoms with van der Waals surface area (Å²) < 4.78 is 14.8. The van der Waals surface area contributed by atoms with E-state index in [1.165, 1.54) is 6.07 Å². The van der Waals surface area contributed by atoms with Gasteiger partial charge >= 0.3 is 0 Å². The summed E-state index contributed by atoms with van der Waals surface area (Å²) in [7, 11) is 1.79. The summed E-state index contributed by atoms with van der Waals surface area (Å²) in [5.41, 5.74) is 2.74. The normalized spacial score (nSPS) is 10.5. The third-order valence-electron chi connectivity index (χ3n) is 3.02. The molecule has 0 unspecified atom stereocenters. The molecule has 19 heavy (non-hydrogen) atoms. The van der Waals surface area contributed by atoms with Crippen LogP contribution < -0.4 is 5.32 Å². The van der Waals surface area contributed by atoms with E-state index in [0.717, 1.165) is 11.3 Å². The van der Waals surface area contributed by atoms with E-state index in [1.54, 1.807) is 36.9 Å². The van der Waals surface area contributed by atoms with E-state index >= 15 is 0 Å². The molecule has 1 aromatic heterocycles. The first kappa shape index (κ1) is 13.3. The van der Waals surface area contributed by atoms with Gasteiger partial charge in [0.2, 0.25) is 0 Å². The molecular weight excluding hydrogens is 245 g/mol. The van der Waals surface area contributed by atoms with Gasteiger partial charge in [-0.2, -0.15) is 5.10 Å². The van der Waals surface area contributed by atoms with Crippen LogP contribution in [0.15, 0.2) is 24.3 Å². The summed E-state index contributed by atoms with van der Waals surface area (Å²) >= 11 is 0. The zero-order valence-electron chi connectivity index (χ0n) is 11.2. The van der Waals surface area contributed by atoms with Crippen molar-refractivity contribution in [2.24, 2.45) is 7.05 Å². The van der Waals surface area contributed by atoms with Crippen molar-refractivity contribution in [3.05, 3.63) is 52.6 Å². The molecule has 0 saturated heterocycles. The maximum absolute atomic E-state index is 13.1. The number of nitrogens with zero attached hydrogens (tertiary/aromatic N) is 2. The molecule has 0 radical (unpaired) electrons. The van der Waals surface area contributed by atoms with Crippen LogP contribution in [0.1, 0.15) is 27.3 Å². The highest BCUT2D eigenvalue weighted by atomic mass is 19.1. The molecule has 0 bridgehead atoms. The zero-order valence-corrected chi connectivity index (χ0v) is 11.2. The fourth-order valence-corrected chi connectivity index (χ4v) is 1.76. The number of amides is 1. The van der Waals surface area contributed by atoms with Crippen molar-refractivity contribution in [1.29, 1.82) is 0 Å². The van der Waals surface area contributed by atoms with Crippen LogP contribution in [-0.2, 0) is 13.6 Å². The fourth-order valence-electron chi connectivity index (χ4n) is 1.76. The summed E-state index contributed by atoms with van der Waals surface area (Å²) in [4.78, 5) is 11.9. The summed E-state index contributed by atoms with van der Waals surface area (Å²) in [5, 5.41) is 6.86. The van der Waals surface area contributed by atoms with Gasteiger partial charge in [0, 0.05) is 19.3 Å². The van der Waals surface area contributed by atoms with Crippen molar-refractivity contribution >= 4 is 5.91 Å².